The van der Waals surface area contributed by atoms with E-state index in [9.17, 15) is 52.7 Å². The summed E-state index contributed by atoms with van der Waals surface area (Å²) in [5.74, 6) is -20.7. The van der Waals surface area contributed by atoms with Gasteiger partial charge in [0.15, 0.2) is 0 Å². The van der Waals surface area contributed by atoms with Gasteiger partial charge in [-0.15, -0.1) is 0 Å². The minimum atomic E-state index is -7.22. The van der Waals surface area contributed by atoms with Crippen LogP contribution in [0.25, 0.3) is 0 Å². The third-order valence-corrected chi connectivity index (χ3v) is 2.67. The molecule has 0 bridgehead atoms. The Labute approximate surface area is 115 Å². The van der Waals surface area contributed by atoms with E-state index in [2.05, 4.69) is 0 Å². The smallest absolute Gasteiger partial charge is 0.195 e. The Morgan fingerprint density at radius 2 is 1.00 bits per heavy atom. The molecule has 0 aromatic carbocycles. The fourth-order valence-corrected chi connectivity index (χ4v) is 1.11. The number of allylic oxidation sites excluding steroid dienone is 2. The summed E-state index contributed by atoms with van der Waals surface area (Å²) in [6, 6.07) is 0. The summed E-state index contributed by atoms with van der Waals surface area (Å²) in [4.78, 5) is 0. The number of alkyl halides is 12. The quantitative estimate of drug-likeness (QED) is 0.411. The summed E-state index contributed by atoms with van der Waals surface area (Å²) >= 11 is 0.0592. The van der Waals surface area contributed by atoms with E-state index in [1.54, 1.807) is 0 Å². The van der Waals surface area contributed by atoms with Crippen molar-refractivity contribution in [3.63, 3.8) is 0 Å². The van der Waals surface area contributed by atoms with Crippen molar-refractivity contribution in [1.82, 2.24) is 0 Å². The summed E-state index contributed by atoms with van der Waals surface area (Å²) in [6.45, 7) is 0. The lowest BCUT2D eigenvalue weighted by Crippen LogP contribution is -2.60. The van der Waals surface area contributed by atoms with Gasteiger partial charge in [0, 0.05) is 6.08 Å². The normalized spacial score (nSPS) is 16.6. The molecule has 0 unspecified atom stereocenters. The molecule has 0 aliphatic rings. The van der Waals surface area contributed by atoms with Crippen LogP contribution >= 0.6 is 22.6 Å². The van der Waals surface area contributed by atoms with Crippen molar-refractivity contribution in [3.8, 4) is 0 Å². The Kier molecular flexibility index (Phi) is 5.03. The van der Waals surface area contributed by atoms with Gasteiger partial charge in [0.2, 0.25) is 0 Å². The largest absolute Gasteiger partial charge is 0.460 e. The predicted octanol–water partition coefficient (Wildman–Crippen LogP) is 5.34. The lowest BCUT2D eigenvalue weighted by atomic mass is 10.0. The zero-order valence-electron chi connectivity index (χ0n) is 8.49. The highest BCUT2D eigenvalue weighted by atomic mass is 127. The summed E-state index contributed by atoms with van der Waals surface area (Å²) in [5, 5.41) is 0. The molecule has 20 heavy (non-hydrogen) atoms. The molecule has 0 nitrogen and oxygen atoms in total. The molecule has 0 aliphatic heterocycles. The second kappa shape index (κ2) is 5.12. The minimum absolute atomic E-state index is 0.0592. The summed E-state index contributed by atoms with van der Waals surface area (Å²) < 4.78 is 143. The average Bonchev–Trinajstić information content (AvgIpc) is 2.12. The molecule has 0 aromatic rings. The van der Waals surface area contributed by atoms with Crippen molar-refractivity contribution in [2.24, 2.45) is 0 Å². The Hall–Kier alpha value is -0.370. The van der Waals surface area contributed by atoms with Crippen LogP contribution in [-0.4, -0.2) is 30.1 Å². The van der Waals surface area contributed by atoms with E-state index < -0.39 is 39.8 Å². The molecular formula is C7HF12I. The van der Waals surface area contributed by atoms with Crippen LogP contribution in [0.3, 0.4) is 0 Å². The second-order valence-electron chi connectivity index (χ2n) is 3.26. The Balaban J connectivity index is 5.84. The minimum Gasteiger partial charge on any atom is -0.195 e. The van der Waals surface area contributed by atoms with E-state index in [1.807, 2.05) is 0 Å². The third-order valence-electron chi connectivity index (χ3n) is 1.75. The van der Waals surface area contributed by atoms with Gasteiger partial charge in [-0.2, -0.15) is 52.7 Å². The van der Waals surface area contributed by atoms with Gasteiger partial charge in [0.25, 0.3) is 0 Å². The van der Waals surface area contributed by atoms with Crippen molar-refractivity contribution in [2.45, 2.75) is 30.1 Å². The van der Waals surface area contributed by atoms with Crippen LogP contribution in [0.5, 0.6) is 0 Å². The van der Waals surface area contributed by atoms with Crippen LogP contribution in [0.15, 0.2) is 9.66 Å². The molecule has 0 rings (SSSR count). The first kappa shape index (κ1) is 19.6. The highest BCUT2D eigenvalue weighted by molar-refractivity contribution is 14.1. The molecule has 0 amide bonds. The van der Waals surface area contributed by atoms with E-state index in [0.717, 1.165) is 0 Å². The third kappa shape index (κ3) is 3.44. The molecule has 0 N–H and O–H groups in total. The zero-order valence-corrected chi connectivity index (χ0v) is 10.6. The van der Waals surface area contributed by atoms with E-state index in [1.165, 1.54) is 0 Å². The molecule has 0 spiro atoms. The highest BCUT2D eigenvalue weighted by Crippen LogP contribution is 2.54. The molecule has 0 saturated heterocycles. The average molecular weight is 440 g/mol. The van der Waals surface area contributed by atoms with Gasteiger partial charge >= 0.3 is 30.1 Å². The van der Waals surface area contributed by atoms with Crippen molar-refractivity contribution in [1.29, 1.82) is 0 Å². The monoisotopic (exact) mass is 440 g/mol. The first-order valence-electron chi connectivity index (χ1n) is 4.03. The van der Waals surface area contributed by atoms with Gasteiger partial charge < -0.3 is 0 Å². The summed E-state index contributed by atoms with van der Waals surface area (Å²) in [7, 11) is 0. The van der Waals surface area contributed by atoms with Crippen LogP contribution in [0, 0.1) is 0 Å². The van der Waals surface area contributed by atoms with Gasteiger partial charge in [-0.3, -0.25) is 0 Å². The van der Waals surface area contributed by atoms with E-state index in [4.69, 9.17) is 0 Å². The topological polar surface area (TPSA) is 0 Å². The van der Waals surface area contributed by atoms with Crippen LogP contribution in [-0.2, 0) is 0 Å². The standard InChI is InChI=1S/C7HF12I/c8-3(9,1-2(20)4(10,11)12)5(13,14)6(15,16)7(17,18)19/h1H. The number of hydrogen-bond donors (Lipinski definition) is 0. The molecule has 0 heterocycles. The van der Waals surface area contributed by atoms with E-state index in [0.29, 0.717) is 0 Å². The Morgan fingerprint density at radius 3 is 1.25 bits per heavy atom. The summed E-state index contributed by atoms with van der Waals surface area (Å²) in [5.41, 5.74) is 0. The number of halogens is 13. The van der Waals surface area contributed by atoms with Crippen molar-refractivity contribution < 1.29 is 52.7 Å². The number of hydrogen-bond acceptors (Lipinski definition) is 0. The fourth-order valence-electron chi connectivity index (χ4n) is 0.719. The van der Waals surface area contributed by atoms with Crippen LogP contribution < -0.4 is 0 Å². The van der Waals surface area contributed by atoms with E-state index in [-0.39, 0.29) is 22.6 Å². The Bertz CT molecular complexity index is 386. The molecule has 0 saturated carbocycles. The highest BCUT2D eigenvalue weighted by Gasteiger charge is 2.81. The van der Waals surface area contributed by atoms with Crippen LogP contribution in [0.4, 0.5) is 52.7 Å². The van der Waals surface area contributed by atoms with Gasteiger partial charge in [-0.1, -0.05) is 0 Å². The lowest BCUT2D eigenvalue weighted by molar-refractivity contribution is -0.388. The van der Waals surface area contributed by atoms with Gasteiger partial charge in [0.05, 0.1) is 3.58 Å². The molecule has 0 aromatic heterocycles. The second-order valence-corrected chi connectivity index (χ2v) is 4.42. The molecule has 0 aliphatic carbocycles. The van der Waals surface area contributed by atoms with Gasteiger partial charge in [-0.05, 0) is 22.6 Å². The maximum Gasteiger partial charge on any atom is 0.460 e. The van der Waals surface area contributed by atoms with Crippen molar-refractivity contribution in [2.75, 3.05) is 0 Å². The summed E-state index contributed by atoms with van der Waals surface area (Å²) in [6.07, 6.45) is -14.4. The molecule has 0 fully saturated rings. The lowest BCUT2D eigenvalue weighted by Gasteiger charge is -2.32. The fraction of sp³-hybridized carbons (Fsp3) is 0.714. The van der Waals surface area contributed by atoms with Gasteiger partial charge in [-0.25, -0.2) is 0 Å². The molecule has 0 radical (unpaired) electrons. The predicted molar refractivity (Wildman–Crippen MR) is 49.1 cm³/mol. The maximum atomic E-state index is 12.7. The SMILES string of the molecule is FC(F)(F)C(I)=CC(F)(F)C(F)(F)C(F)(F)C(F)(F)F. The first-order valence-corrected chi connectivity index (χ1v) is 5.11. The first-order chi connectivity index (χ1) is 8.38. The van der Waals surface area contributed by atoms with Crippen molar-refractivity contribution >= 4 is 22.6 Å². The van der Waals surface area contributed by atoms with Crippen molar-refractivity contribution in [3.05, 3.63) is 9.66 Å². The Morgan fingerprint density at radius 1 is 0.650 bits per heavy atom. The zero-order chi connectivity index (χ0) is 16.8. The number of rotatable bonds is 3. The van der Waals surface area contributed by atoms with Crippen LogP contribution in [0.1, 0.15) is 0 Å². The van der Waals surface area contributed by atoms with E-state index >= 15 is 0 Å². The van der Waals surface area contributed by atoms with Gasteiger partial charge in [0.1, 0.15) is 0 Å². The maximum absolute atomic E-state index is 12.7. The van der Waals surface area contributed by atoms with Crippen LogP contribution in [0.2, 0.25) is 0 Å². The molecule has 0 atom stereocenters. The molecular weight excluding hydrogens is 439 g/mol. The molecule has 13 heteroatoms. The molecule has 120 valence electrons.